The zero-order chi connectivity index (χ0) is 28.7. The molecule has 1 N–H and O–H groups in total. The second-order valence-electron chi connectivity index (χ2n) is 11.6. The van der Waals surface area contributed by atoms with Crippen molar-refractivity contribution < 1.29 is 9.18 Å². The van der Waals surface area contributed by atoms with Crippen LogP contribution in [-0.4, -0.2) is 30.4 Å². The van der Waals surface area contributed by atoms with Gasteiger partial charge in [0.25, 0.3) is 0 Å². The lowest BCUT2D eigenvalue weighted by atomic mass is 9.73. The van der Waals surface area contributed by atoms with E-state index in [0.717, 1.165) is 32.5 Å². The fourth-order valence-electron chi connectivity index (χ4n) is 6.75. The second kappa shape index (κ2) is 11.0. The Balaban J connectivity index is 1.05. The fraction of sp³-hybridized carbons (Fsp3) is 0.216. The number of amides is 1. The standard InChI is InChI=1S/C37H32BrFN2O/c38-30-15-12-28(34(39)23-30)14-17-36(42)41-20-18-37(19-21-41)24-40-35-16-13-29(22-33(35)37)25-8-10-27(11-9-25)32-7-3-5-26-4-1-2-6-31(26)32/h1-13,15-16,22-23,40H,14,17-21,24H2. The van der Waals surface area contributed by atoms with E-state index < -0.39 is 0 Å². The third-order valence-corrected chi connectivity index (χ3v) is 9.72. The Morgan fingerprint density at radius 1 is 0.833 bits per heavy atom. The van der Waals surface area contributed by atoms with Crippen LogP contribution in [0.15, 0.2) is 108 Å². The van der Waals surface area contributed by atoms with Crippen molar-refractivity contribution in [2.24, 2.45) is 0 Å². The summed E-state index contributed by atoms with van der Waals surface area (Å²) in [7, 11) is 0. The van der Waals surface area contributed by atoms with Crippen molar-refractivity contribution in [3.63, 3.8) is 0 Å². The van der Waals surface area contributed by atoms with E-state index >= 15 is 0 Å². The molecule has 7 rings (SSSR count). The van der Waals surface area contributed by atoms with Gasteiger partial charge in [0.15, 0.2) is 0 Å². The first-order chi connectivity index (χ1) is 20.5. The first-order valence-electron chi connectivity index (χ1n) is 14.7. The van der Waals surface area contributed by atoms with Gasteiger partial charge in [0.05, 0.1) is 0 Å². The Labute approximate surface area is 254 Å². The van der Waals surface area contributed by atoms with Gasteiger partial charge in [-0.3, -0.25) is 4.79 Å². The van der Waals surface area contributed by atoms with E-state index in [0.29, 0.717) is 22.9 Å². The average Bonchev–Trinajstić information content (AvgIpc) is 3.37. The molecule has 3 nitrogen and oxygen atoms in total. The number of nitrogens with one attached hydrogen (secondary N) is 1. The van der Waals surface area contributed by atoms with Crippen LogP contribution in [0.4, 0.5) is 10.1 Å². The summed E-state index contributed by atoms with van der Waals surface area (Å²) in [6.07, 6.45) is 2.61. The number of hydrogen-bond donors (Lipinski definition) is 1. The van der Waals surface area contributed by atoms with Gasteiger partial charge in [-0.15, -0.1) is 0 Å². The molecule has 1 fully saturated rings. The molecule has 210 valence electrons. The van der Waals surface area contributed by atoms with Gasteiger partial charge in [-0.05, 0) is 87.7 Å². The maximum atomic E-state index is 14.2. The third kappa shape index (κ3) is 5.00. The number of nitrogens with zero attached hydrogens (tertiary/aromatic N) is 1. The van der Waals surface area contributed by atoms with Gasteiger partial charge in [0.1, 0.15) is 5.82 Å². The number of carbonyl (C=O) groups excluding carboxylic acids is 1. The SMILES string of the molecule is O=C(CCc1ccc(Br)cc1F)N1CCC2(CC1)CNc1ccc(-c3ccc(-c4cccc5ccccc45)cc3)cc12. The number of anilines is 1. The number of halogens is 2. The zero-order valence-corrected chi connectivity index (χ0v) is 25.0. The van der Waals surface area contributed by atoms with E-state index in [1.807, 2.05) is 11.0 Å². The predicted octanol–water partition coefficient (Wildman–Crippen LogP) is 8.99. The largest absolute Gasteiger partial charge is 0.384 e. The Morgan fingerprint density at radius 3 is 2.38 bits per heavy atom. The van der Waals surface area contributed by atoms with Crippen LogP contribution in [0.1, 0.15) is 30.4 Å². The van der Waals surface area contributed by atoms with Gasteiger partial charge < -0.3 is 10.2 Å². The van der Waals surface area contributed by atoms with Crippen LogP contribution in [0, 0.1) is 5.82 Å². The van der Waals surface area contributed by atoms with E-state index in [9.17, 15) is 9.18 Å². The van der Waals surface area contributed by atoms with Gasteiger partial charge in [-0.25, -0.2) is 4.39 Å². The molecule has 2 aliphatic heterocycles. The van der Waals surface area contributed by atoms with Crippen LogP contribution in [0.3, 0.4) is 0 Å². The highest BCUT2D eigenvalue weighted by Crippen LogP contribution is 2.45. The number of fused-ring (bicyclic) bond motifs is 3. The van der Waals surface area contributed by atoms with Gasteiger partial charge in [0, 0.05) is 41.6 Å². The molecule has 5 aromatic carbocycles. The molecule has 0 unspecified atom stereocenters. The van der Waals surface area contributed by atoms with Crippen molar-refractivity contribution in [3.8, 4) is 22.3 Å². The number of piperidine rings is 1. The molecule has 42 heavy (non-hydrogen) atoms. The molecule has 5 heteroatoms. The molecule has 1 saturated heterocycles. The number of carbonyl (C=O) groups is 1. The molecule has 2 heterocycles. The predicted molar refractivity (Wildman–Crippen MR) is 173 cm³/mol. The van der Waals surface area contributed by atoms with E-state index in [4.69, 9.17) is 0 Å². The van der Waals surface area contributed by atoms with Crippen molar-refractivity contribution in [3.05, 3.63) is 125 Å². The highest BCUT2D eigenvalue weighted by atomic mass is 79.9. The number of rotatable bonds is 5. The Hall–Kier alpha value is -3.96. The van der Waals surface area contributed by atoms with Crippen molar-refractivity contribution in [1.29, 1.82) is 0 Å². The summed E-state index contributed by atoms with van der Waals surface area (Å²) in [6.45, 7) is 2.36. The first kappa shape index (κ1) is 26.9. The van der Waals surface area contributed by atoms with Crippen LogP contribution in [0.5, 0.6) is 0 Å². The van der Waals surface area contributed by atoms with Crippen LogP contribution >= 0.6 is 15.9 Å². The monoisotopic (exact) mass is 618 g/mol. The van der Waals surface area contributed by atoms with Gasteiger partial charge in [-0.2, -0.15) is 0 Å². The third-order valence-electron chi connectivity index (χ3n) is 9.22. The van der Waals surface area contributed by atoms with E-state index in [1.165, 1.54) is 50.3 Å². The summed E-state index contributed by atoms with van der Waals surface area (Å²) in [6, 6.07) is 35.7. The molecule has 5 aromatic rings. The summed E-state index contributed by atoms with van der Waals surface area (Å²) in [5.74, 6) is -0.152. The molecule has 0 bridgehead atoms. The average molecular weight is 620 g/mol. The highest BCUT2D eigenvalue weighted by Gasteiger charge is 2.42. The maximum Gasteiger partial charge on any atom is 0.222 e. The molecule has 0 saturated carbocycles. The number of aryl methyl sites for hydroxylation is 1. The molecule has 2 aliphatic rings. The van der Waals surface area contributed by atoms with E-state index in [1.54, 1.807) is 6.07 Å². The summed E-state index contributed by atoms with van der Waals surface area (Å²) < 4.78 is 14.9. The molecule has 0 atom stereocenters. The Bertz CT molecular complexity index is 1790. The van der Waals surface area contributed by atoms with Crippen LogP contribution in [-0.2, 0) is 16.6 Å². The molecule has 1 amide bonds. The minimum Gasteiger partial charge on any atom is -0.384 e. The van der Waals surface area contributed by atoms with E-state index in [2.05, 4.69) is 106 Å². The van der Waals surface area contributed by atoms with Gasteiger partial charge in [-0.1, -0.05) is 94.8 Å². The first-order valence-corrected chi connectivity index (χ1v) is 15.5. The summed E-state index contributed by atoms with van der Waals surface area (Å²) >= 11 is 3.30. The quantitative estimate of drug-likeness (QED) is 0.213. The topological polar surface area (TPSA) is 32.3 Å². The lowest BCUT2D eigenvalue weighted by molar-refractivity contribution is -0.132. The normalized spacial score (nSPS) is 15.5. The van der Waals surface area contributed by atoms with Crippen LogP contribution < -0.4 is 5.32 Å². The molecule has 1 spiro atoms. The number of likely N-dealkylation sites (tertiary alicyclic amines) is 1. The number of benzene rings is 5. The Kier molecular flexibility index (Phi) is 7.07. The fourth-order valence-corrected chi connectivity index (χ4v) is 7.08. The minimum absolute atomic E-state index is 0.0306. The van der Waals surface area contributed by atoms with E-state index in [-0.39, 0.29) is 17.1 Å². The molecule has 0 aromatic heterocycles. The minimum atomic E-state index is -0.262. The lowest BCUT2D eigenvalue weighted by Gasteiger charge is -2.39. The Morgan fingerprint density at radius 2 is 1.57 bits per heavy atom. The molecule has 0 aliphatic carbocycles. The highest BCUT2D eigenvalue weighted by molar-refractivity contribution is 9.10. The van der Waals surface area contributed by atoms with Crippen molar-refractivity contribution in [1.82, 2.24) is 4.90 Å². The summed E-state index contributed by atoms with van der Waals surface area (Å²) in [4.78, 5) is 15.0. The number of hydrogen-bond acceptors (Lipinski definition) is 2. The van der Waals surface area contributed by atoms with Crippen molar-refractivity contribution in [2.75, 3.05) is 25.0 Å². The molecular formula is C37H32BrFN2O. The van der Waals surface area contributed by atoms with Gasteiger partial charge in [0.2, 0.25) is 5.91 Å². The van der Waals surface area contributed by atoms with Crippen LogP contribution in [0.2, 0.25) is 0 Å². The second-order valence-corrected chi connectivity index (χ2v) is 12.5. The van der Waals surface area contributed by atoms with Gasteiger partial charge >= 0.3 is 0 Å². The molecular weight excluding hydrogens is 587 g/mol. The lowest BCUT2D eigenvalue weighted by Crippen LogP contribution is -2.46. The molecule has 0 radical (unpaired) electrons. The van der Waals surface area contributed by atoms with Crippen LogP contribution in [0.25, 0.3) is 33.0 Å². The maximum absolute atomic E-state index is 14.2. The van der Waals surface area contributed by atoms with Crippen molar-refractivity contribution >= 4 is 38.3 Å². The summed E-state index contributed by atoms with van der Waals surface area (Å²) in [5, 5.41) is 6.16. The summed E-state index contributed by atoms with van der Waals surface area (Å²) in [5.41, 5.74) is 8.08. The van der Waals surface area contributed by atoms with Crippen molar-refractivity contribution in [2.45, 2.75) is 31.1 Å². The zero-order valence-electron chi connectivity index (χ0n) is 23.4. The smallest absolute Gasteiger partial charge is 0.222 e.